The number of rotatable bonds is 14. The van der Waals surface area contributed by atoms with Gasteiger partial charge in [0.05, 0.1) is 13.2 Å². The standard InChI is InChI=1S/C22H42O11/c1-2-3-4-5-6-7-8-9-10-30-21-19(29)17(27)20(14(12-24)32-21)33-22-18(28)16(26)15(25)13(11-23)31-22/h13-29H,2-12H2,1H3/t13-,14-,15-,16+,17-,18-,19-,20-,21-,22+/m1/s1. The van der Waals surface area contributed by atoms with Crippen LogP contribution in [0.1, 0.15) is 58.3 Å². The molecule has 0 aromatic rings. The van der Waals surface area contributed by atoms with Crippen molar-refractivity contribution < 1.29 is 54.7 Å². The van der Waals surface area contributed by atoms with Crippen LogP contribution in [0, 0.1) is 0 Å². The highest BCUT2D eigenvalue weighted by Gasteiger charge is 2.50. The van der Waals surface area contributed by atoms with Crippen molar-refractivity contribution in [2.45, 2.75) is 120 Å². The molecular weight excluding hydrogens is 440 g/mol. The Balaban J connectivity index is 1.82. The highest BCUT2D eigenvalue weighted by atomic mass is 16.7. The lowest BCUT2D eigenvalue weighted by molar-refractivity contribution is -0.359. The molecule has 2 aliphatic rings. The molecular formula is C22H42O11. The minimum Gasteiger partial charge on any atom is -0.394 e. The molecule has 0 aromatic heterocycles. The van der Waals surface area contributed by atoms with E-state index in [9.17, 15) is 35.7 Å². The molecule has 10 atom stereocenters. The Kier molecular flexibility index (Phi) is 13.0. The molecule has 0 spiro atoms. The fourth-order valence-corrected chi connectivity index (χ4v) is 4.13. The van der Waals surface area contributed by atoms with Crippen LogP contribution in [0.15, 0.2) is 0 Å². The molecule has 0 saturated carbocycles. The quantitative estimate of drug-likeness (QED) is 0.147. The molecule has 0 aromatic carbocycles. The van der Waals surface area contributed by atoms with Crippen molar-refractivity contribution in [3.05, 3.63) is 0 Å². The molecule has 11 heteroatoms. The molecule has 0 aliphatic carbocycles. The van der Waals surface area contributed by atoms with Gasteiger partial charge in [-0.15, -0.1) is 0 Å². The Morgan fingerprint density at radius 3 is 1.76 bits per heavy atom. The summed E-state index contributed by atoms with van der Waals surface area (Å²) in [6.45, 7) is 1.28. The molecule has 0 unspecified atom stereocenters. The van der Waals surface area contributed by atoms with Crippen LogP contribution in [0.4, 0.5) is 0 Å². The second-order valence-electron chi connectivity index (χ2n) is 8.85. The van der Waals surface area contributed by atoms with Crippen LogP contribution in [0.2, 0.25) is 0 Å². The average molecular weight is 483 g/mol. The number of aliphatic hydroxyl groups is 7. The van der Waals surface area contributed by atoms with Crippen molar-refractivity contribution in [3.8, 4) is 0 Å². The second-order valence-corrected chi connectivity index (χ2v) is 8.85. The van der Waals surface area contributed by atoms with Crippen molar-refractivity contribution in [2.75, 3.05) is 19.8 Å². The zero-order valence-corrected chi connectivity index (χ0v) is 19.3. The van der Waals surface area contributed by atoms with Crippen LogP contribution in [0.3, 0.4) is 0 Å². The summed E-state index contributed by atoms with van der Waals surface area (Å²) in [6, 6.07) is 0. The normalized spacial score (nSPS) is 39.6. The monoisotopic (exact) mass is 482 g/mol. The molecule has 2 aliphatic heterocycles. The molecule has 2 heterocycles. The van der Waals surface area contributed by atoms with Crippen LogP contribution in [-0.2, 0) is 18.9 Å². The molecule has 33 heavy (non-hydrogen) atoms. The third-order valence-corrected chi connectivity index (χ3v) is 6.24. The van der Waals surface area contributed by atoms with Crippen LogP contribution >= 0.6 is 0 Å². The summed E-state index contributed by atoms with van der Waals surface area (Å²) < 4.78 is 22.0. The van der Waals surface area contributed by atoms with E-state index >= 15 is 0 Å². The lowest BCUT2D eigenvalue weighted by atomic mass is 9.97. The van der Waals surface area contributed by atoms with E-state index in [-0.39, 0.29) is 0 Å². The van der Waals surface area contributed by atoms with E-state index < -0.39 is 74.6 Å². The molecule has 2 saturated heterocycles. The smallest absolute Gasteiger partial charge is 0.187 e. The zero-order chi connectivity index (χ0) is 24.4. The summed E-state index contributed by atoms with van der Waals surface area (Å²) in [5, 5.41) is 69.9. The molecule has 2 rings (SSSR count). The van der Waals surface area contributed by atoms with Crippen molar-refractivity contribution in [2.24, 2.45) is 0 Å². The topological polar surface area (TPSA) is 179 Å². The van der Waals surface area contributed by atoms with Crippen LogP contribution < -0.4 is 0 Å². The van der Waals surface area contributed by atoms with E-state index in [0.29, 0.717) is 6.61 Å². The number of aliphatic hydroxyl groups excluding tert-OH is 7. The first-order valence-corrected chi connectivity index (χ1v) is 12.1. The minimum atomic E-state index is -1.69. The number of unbranched alkanes of at least 4 members (excludes halogenated alkanes) is 7. The van der Waals surface area contributed by atoms with Crippen molar-refractivity contribution in [1.82, 2.24) is 0 Å². The number of hydrogen-bond acceptors (Lipinski definition) is 11. The summed E-state index contributed by atoms with van der Waals surface area (Å²) in [5.41, 5.74) is 0. The van der Waals surface area contributed by atoms with Crippen molar-refractivity contribution >= 4 is 0 Å². The van der Waals surface area contributed by atoms with Crippen molar-refractivity contribution in [1.29, 1.82) is 0 Å². The van der Waals surface area contributed by atoms with Gasteiger partial charge in [-0.1, -0.05) is 51.9 Å². The van der Waals surface area contributed by atoms with Gasteiger partial charge in [-0.05, 0) is 6.42 Å². The molecule has 0 amide bonds. The first-order chi connectivity index (χ1) is 15.8. The van der Waals surface area contributed by atoms with Gasteiger partial charge in [0, 0.05) is 6.61 Å². The van der Waals surface area contributed by atoms with E-state index in [0.717, 1.165) is 19.3 Å². The SMILES string of the molecule is CCCCCCCCCCO[C@@H]1O[C@H](CO)[C@@H](O[C@@H]2O[C@H](CO)[C@@H](O)[C@H](O)[C@H]2O)[C@H](O)[C@H]1O. The van der Waals surface area contributed by atoms with Crippen LogP contribution in [0.5, 0.6) is 0 Å². The van der Waals surface area contributed by atoms with Crippen molar-refractivity contribution in [3.63, 3.8) is 0 Å². The van der Waals surface area contributed by atoms with Crippen LogP contribution in [0.25, 0.3) is 0 Å². The third kappa shape index (κ3) is 8.04. The van der Waals surface area contributed by atoms with Gasteiger partial charge in [-0.3, -0.25) is 0 Å². The van der Waals surface area contributed by atoms with Gasteiger partial charge in [-0.2, -0.15) is 0 Å². The first-order valence-electron chi connectivity index (χ1n) is 12.1. The molecule has 7 N–H and O–H groups in total. The van der Waals surface area contributed by atoms with E-state index in [1.807, 2.05) is 0 Å². The Labute approximate surface area is 194 Å². The van der Waals surface area contributed by atoms with Gasteiger partial charge in [-0.25, -0.2) is 0 Å². The Morgan fingerprint density at radius 1 is 0.606 bits per heavy atom. The fraction of sp³-hybridized carbons (Fsp3) is 1.00. The van der Waals surface area contributed by atoms with E-state index in [4.69, 9.17) is 18.9 Å². The maximum absolute atomic E-state index is 10.6. The Morgan fingerprint density at radius 2 is 1.15 bits per heavy atom. The van der Waals surface area contributed by atoms with Gasteiger partial charge in [0.25, 0.3) is 0 Å². The molecule has 0 radical (unpaired) electrons. The van der Waals surface area contributed by atoms with Crippen LogP contribution in [-0.4, -0.2) is 117 Å². The average Bonchev–Trinajstić information content (AvgIpc) is 2.82. The predicted molar refractivity (Wildman–Crippen MR) is 115 cm³/mol. The third-order valence-electron chi connectivity index (χ3n) is 6.24. The zero-order valence-electron chi connectivity index (χ0n) is 19.3. The lowest BCUT2D eigenvalue weighted by Crippen LogP contribution is -2.64. The van der Waals surface area contributed by atoms with Gasteiger partial charge >= 0.3 is 0 Å². The minimum absolute atomic E-state index is 0.319. The maximum Gasteiger partial charge on any atom is 0.187 e. The Hall–Kier alpha value is -0.440. The van der Waals surface area contributed by atoms with E-state index in [1.54, 1.807) is 0 Å². The fourth-order valence-electron chi connectivity index (χ4n) is 4.13. The summed E-state index contributed by atoms with van der Waals surface area (Å²) in [5.74, 6) is 0. The van der Waals surface area contributed by atoms with E-state index in [1.165, 1.54) is 32.1 Å². The molecule has 196 valence electrons. The summed E-state index contributed by atoms with van der Waals surface area (Å²) in [7, 11) is 0. The molecule has 2 fully saturated rings. The second kappa shape index (κ2) is 14.8. The number of hydrogen-bond donors (Lipinski definition) is 7. The summed E-state index contributed by atoms with van der Waals surface area (Å²) in [4.78, 5) is 0. The highest BCUT2D eigenvalue weighted by Crippen LogP contribution is 2.29. The predicted octanol–water partition coefficient (Wildman–Crippen LogP) is -1.23. The maximum atomic E-state index is 10.6. The summed E-state index contributed by atoms with van der Waals surface area (Å²) >= 11 is 0. The number of ether oxygens (including phenoxy) is 4. The highest BCUT2D eigenvalue weighted by molar-refractivity contribution is 4.94. The first kappa shape index (κ1) is 28.8. The lowest BCUT2D eigenvalue weighted by Gasteiger charge is -2.45. The van der Waals surface area contributed by atoms with E-state index in [2.05, 4.69) is 6.92 Å². The Bertz CT molecular complexity index is 521. The molecule has 11 nitrogen and oxygen atoms in total. The summed E-state index contributed by atoms with van der Waals surface area (Å²) in [6.07, 6.45) is -5.35. The largest absolute Gasteiger partial charge is 0.394 e. The van der Waals surface area contributed by atoms with Gasteiger partial charge in [0.15, 0.2) is 12.6 Å². The van der Waals surface area contributed by atoms with Gasteiger partial charge in [0.2, 0.25) is 0 Å². The van der Waals surface area contributed by atoms with Gasteiger partial charge < -0.3 is 54.7 Å². The molecule has 0 bridgehead atoms. The van der Waals surface area contributed by atoms with Gasteiger partial charge in [0.1, 0.15) is 48.8 Å².